The molecule has 0 amide bonds. The molecule has 15 heavy (non-hydrogen) atoms. The quantitative estimate of drug-likeness (QED) is 0.550. The molecule has 0 saturated carbocycles. The number of hydrogen-bond acceptors (Lipinski definition) is 1. The van der Waals surface area contributed by atoms with Crippen LogP contribution in [0.4, 0.5) is 4.39 Å². The van der Waals surface area contributed by atoms with E-state index in [2.05, 4.69) is 24.6 Å². The van der Waals surface area contributed by atoms with Crippen molar-refractivity contribution in [1.29, 1.82) is 0 Å². The van der Waals surface area contributed by atoms with Gasteiger partial charge in [-0.2, -0.15) is 0 Å². The zero-order valence-corrected chi connectivity index (χ0v) is 10.8. The lowest BCUT2D eigenvalue weighted by atomic mass is 10.1. The van der Waals surface area contributed by atoms with E-state index in [1.54, 1.807) is 6.07 Å². The molecular formula is C12H18FNSi. The molecule has 0 aliphatic rings. The number of hydrogen-bond donors (Lipinski definition) is 0. The van der Waals surface area contributed by atoms with E-state index < -0.39 is 8.07 Å². The molecule has 3 heteroatoms. The number of rotatable bonds is 3. The van der Waals surface area contributed by atoms with Crippen molar-refractivity contribution in [3.8, 4) is 0 Å². The van der Waals surface area contributed by atoms with Gasteiger partial charge < -0.3 is 0 Å². The maximum atomic E-state index is 12.8. The van der Waals surface area contributed by atoms with Crippen LogP contribution in [-0.4, -0.2) is 20.5 Å². The Bertz CT molecular complexity index is 366. The van der Waals surface area contributed by atoms with Gasteiger partial charge >= 0.3 is 0 Å². The second-order valence-electron chi connectivity index (χ2n) is 5.03. The zero-order valence-electron chi connectivity index (χ0n) is 9.84. The monoisotopic (exact) mass is 223 g/mol. The van der Waals surface area contributed by atoms with Crippen LogP contribution in [0.15, 0.2) is 23.2 Å². The lowest BCUT2D eigenvalue weighted by molar-refractivity contribution is 0.626. The van der Waals surface area contributed by atoms with Crippen LogP contribution in [0.1, 0.15) is 11.1 Å². The van der Waals surface area contributed by atoms with Crippen molar-refractivity contribution in [2.75, 3.05) is 6.17 Å². The van der Waals surface area contributed by atoms with Crippen molar-refractivity contribution in [1.82, 2.24) is 0 Å². The first kappa shape index (κ1) is 12.1. The highest BCUT2D eigenvalue weighted by Gasteiger charge is 2.10. The van der Waals surface area contributed by atoms with Crippen LogP contribution < -0.4 is 0 Å². The van der Waals surface area contributed by atoms with Gasteiger partial charge in [-0.05, 0) is 30.2 Å². The Morgan fingerprint density at radius 2 is 2.00 bits per heavy atom. The van der Waals surface area contributed by atoms with Crippen molar-refractivity contribution < 1.29 is 4.39 Å². The molecule has 1 rings (SSSR count). The Morgan fingerprint density at radius 3 is 2.53 bits per heavy atom. The van der Waals surface area contributed by atoms with Crippen LogP contribution in [0.25, 0.3) is 0 Å². The summed E-state index contributed by atoms with van der Waals surface area (Å²) < 4.78 is 12.8. The van der Waals surface area contributed by atoms with Gasteiger partial charge in [-0.15, -0.1) is 0 Å². The van der Waals surface area contributed by atoms with Crippen LogP contribution in [0.5, 0.6) is 0 Å². The molecule has 0 saturated heterocycles. The molecule has 0 fully saturated rings. The van der Waals surface area contributed by atoms with E-state index in [0.717, 1.165) is 17.3 Å². The Labute approximate surface area is 92.1 Å². The van der Waals surface area contributed by atoms with Gasteiger partial charge in [0.1, 0.15) is 5.82 Å². The third-order valence-corrected chi connectivity index (χ3v) is 3.16. The third-order valence-electron chi connectivity index (χ3n) is 2.03. The molecule has 1 aromatic carbocycles. The second-order valence-corrected chi connectivity index (χ2v) is 10.5. The molecule has 1 aromatic rings. The molecule has 0 unspecified atom stereocenters. The summed E-state index contributed by atoms with van der Waals surface area (Å²) in [6, 6.07) is 4.79. The maximum absolute atomic E-state index is 12.8. The van der Waals surface area contributed by atoms with Crippen molar-refractivity contribution in [2.24, 2.45) is 4.99 Å². The second kappa shape index (κ2) is 4.70. The van der Waals surface area contributed by atoms with E-state index in [1.165, 1.54) is 12.1 Å². The molecule has 1 nitrogen and oxygen atoms in total. The summed E-state index contributed by atoms with van der Waals surface area (Å²) in [6.07, 6.45) is 2.77. The van der Waals surface area contributed by atoms with Gasteiger partial charge in [-0.3, -0.25) is 4.99 Å². The average molecular weight is 223 g/mol. The van der Waals surface area contributed by atoms with Crippen LogP contribution >= 0.6 is 0 Å². The predicted molar refractivity (Wildman–Crippen MR) is 66.9 cm³/mol. The molecule has 0 aliphatic carbocycles. The molecule has 82 valence electrons. The summed E-state index contributed by atoms with van der Waals surface area (Å²) in [7, 11) is -1.11. The first-order valence-electron chi connectivity index (χ1n) is 5.14. The Kier molecular flexibility index (Phi) is 3.80. The lowest BCUT2D eigenvalue weighted by Gasteiger charge is -2.11. The lowest BCUT2D eigenvalue weighted by Crippen LogP contribution is -2.24. The van der Waals surface area contributed by atoms with Gasteiger partial charge in [0.25, 0.3) is 0 Å². The number of benzene rings is 1. The molecule has 0 bridgehead atoms. The summed E-state index contributed by atoms with van der Waals surface area (Å²) in [4.78, 5) is 4.42. The van der Waals surface area contributed by atoms with Gasteiger partial charge in [0.15, 0.2) is 0 Å². The highest BCUT2D eigenvalue weighted by Crippen LogP contribution is 2.08. The topological polar surface area (TPSA) is 12.4 Å². The number of nitrogens with zero attached hydrogens (tertiary/aromatic N) is 1. The van der Waals surface area contributed by atoms with Crippen LogP contribution in [0, 0.1) is 12.7 Å². The minimum atomic E-state index is -1.11. The molecule has 0 spiro atoms. The fraction of sp³-hybridized carbons (Fsp3) is 0.417. The van der Waals surface area contributed by atoms with E-state index >= 15 is 0 Å². The van der Waals surface area contributed by atoms with E-state index in [9.17, 15) is 4.39 Å². The van der Waals surface area contributed by atoms with Crippen molar-refractivity contribution in [2.45, 2.75) is 26.6 Å². The van der Waals surface area contributed by atoms with Crippen LogP contribution in [0.2, 0.25) is 19.6 Å². The van der Waals surface area contributed by atoms with Gasteiger partial charge in [0.2, 0.25) is 0 Å². The number of aliphatic imine (C=N–C) groups is 1. The van der Waals surface area contributed by atoms with Gasteiger partial charge in [-0.1, -0.05) is 25.7 Å². The average Bonchev–Trinajstić information content (AvgIpc) is 2.07. The highest BCUT2D eigenvalue weighted by molar-refractivity contribution is 6.76. The van der Waals surface area contributed by atoms with E-state index in [0.29, 0.717) is 0 Å². The third kappa shape index (κ3) is 4.38. The zero-order chi connectivity index (χ0) is 11.5. The van der Waals surface area contributed by atoms with E-state index in [-0.39, 0.29) is 5.82 Å². The molecule has 0 aromatic heterocycles. The van der Waals surface area contributed by atoms with Crippen LogP contribution in [-0.2, 0) is 0 Å². The summed E-state index contributed by atoms with van der Waals surface area (Å²) in [5.41, 5.74) is 1.95. The molecule has 0 radical (unpaired) electrons. The van der Waals surface area contributed by atoms with Gasteiger partial charge in [0.05, 0.1) is 8.07 Å². The summed E-state index contributed by atoms with van der Waals surface area (Å²) in [5, 5.41) is 0. The normalized spacial score (nSPS) is 12.3. The molecule has 0 N–H and O–H groups in total. The molecule has 0 heterocycles. The minimum absolute atomic E-state index is 0.185. The fourth-order valence-corrected chi connectivity index (χ4v) is 1.84. The van der Waals surface area contributed by atoms with Crippen molar-refractivity contribution in [3.63, 3.8) is 0 Å². The van der Waals surface area contributed by atoms with Gasteiger partial charge in [-0.25, -0.2) is 4.39 Å². The number of aryl methyl sites for hydroxylation is 1. The molecular weight excluding hydrogens is 205 g/mol. The highest BCUT2D eigenvalue weighted by atomic mass is 28.3. The standard InChI is InChI=1S/C12H18FNSi/c1-10-7-12(13)6-5-11(10)8-14-9-15(2,3)4/h5-8H,9H2,1-4H3. The van der Waals surface area contributed by atoms with E-state index in [1.807, 2.05) is 13.1 Å². The Morgan fingerprint density at radius 1 is 1.33 bits per heavy atom. The smallest absolute Gasteiger partial charge is 0.123 e. The van der Waals surface area contributed by atoms with E-state index in [4.69, 9.17) is 0 Å². The van der Waals surface area contributed by atoms with Gasteiger partial charge in [0, 0.05) is 12.4 Å². The SMILES string of the molecule is Cc1cc(F)ccc1C=NC[Si](C)(C)C. The summed E-state index contributed by atoms with van der Waals surface area (Å²) in [6.45, 7) is 8.74. The Balaban J connectivity index is 2.73. The fourth-order valence-electron chi connectivity index (χ4n) is 1.20. The van der Waals surface area contributed by atoms with Crippen molar-refractivity contribution in [3.05, 3.63) is 35.1 Å². The van der Waals surface area contributed by atoms with Crippen molar-refractivity contribution >= 4 is 14.3 Å². The molecule has 0 atom stereocenters. The minimum Gasteiger partial charge on any atom is -0.296 e. The first-order chi connectivity index (χ1) is 6.88. The maximum Gasteiger partial charge on any atom is 0.123 e. The predicted octanol–water partition coefficient (Wildman–Crippen LogP) is 3.43. The summed E-state index contributed by atoms with van der Waals surface area (Å²) in [5.74, 6) is -0.185. The first-order valence-corrected chi connectivity index (χ1v) is 8.85. The largest absolute Gasteiger partial charge is 0.296 e. The Hall–Kier alpha value is -0.963. The van der Waals surface area contributed by atoms with Crippen LogP contribution in [0.3, 0.4) is 0 Å². The molecule has 0 aliphatic heterocycles. The number of halogens is 1. The summed E-state index contributed by atoms with van der Waals surface area (Å²) >= 11 is 0.